The summed E-state index contributed by atoms with van der Waals surface area (Å²) in [7, 11) is 0. The number of aliphatic carboxylic acids is 1. The summed E-state index contributed by atoms with van der Waals surface area (Å²) in [5.74, 6) is -3.61. The van der Waals surface area contributed by atoms with Crippen LogP contribution in [0.5, 0.6) is 0 Å². The average molecular weight is 213 g/mol. The van der Waals surface area contributed by atoms with Crippen LogP contribution in [0.15, 0.2) is 0 Å². The molecule has 0 unspecified atom stereocenters. The van der Waals surface area contributed by atoms with Crippen molar-refractivity contribution in [1.29, 1.82) is 0 Å². The second-order valence-corrected chi connectivity index (χ2v) is 2.92. The van der Waals surface area contributed by atoms with Gasteiger partial charge in [0.05, 0.1) is 0 Å². The first-order valence-corrected chi connectivity index (χ1v) is 3.76. The summed E-state index contributed by atoms with van der Waals surface area (Å²) in [6.45, 7) is 1.68. The van der Waals surface area contributed by atoms with Crippen LogP contribution in [0, 0.1) is 0 Å². The summed E-state index contributed by atoms with van der Waals surface area (Å²) in [5, 5.41) is 8.29. The molecule has 0 spiro atoms. The Kier molecular flexibility index (Phi) is 3.91. The topological polar surface area (TPSA) is 57.6 Å². The highest BCUT2D eigenvalue weighted by Crippen LogP contribution is 2.19. The van der Waals surface area contributed by atoms with Gasteiger partial charge < -0.3 is 10.0 Å². The number of carbonyl (C=O) groups is 2. The van der Waals surface area contributed by atoms with Crippen LogP contribution < -0.4 is 0 Å². The molecule has 7 heteroatoms. The van der Waals surface area contributed by atoms with Crippen molar-refractivity contribution in [3.05, 3.63) is 0 Å². The lowest BCUT2D eigenvalue weighted by atomic mass is 10.3. The van der Waals surface area contributed by atoms with Crippen molar-refractivity contribution in [2.75, 3.05) is 6.54 Å². The normalized spacial score (nSPS) is 11.6. The fourth-order valence-corrected chi connectivity index (χ4v) is 0.797. The third-order valence-electron chi connectivity index (χ3n) is 1.43. The van der Waals surface area contributed by atoms with E-state index in [1.165, 1.54) is 13.8 Å². The Bertz CT molecular complexity index is 237. The molecule has 0 aromatic heterocycles. The Balaban J connectivity index is 4.67. The Morgan fingerprint density at radius 3 is 2.00 bits per heavy atom. The van der Waals surface area contributed by atoms with E-state index < -0.39 is 30.6 Å². The molecule has 0 aliphatic heterocycles. The number of nitrogens with zero attached hydrogens (tertiary/aromatic N) is 1. The van der Waals surface area contributed by atoms with Crippen molar-refractivity contribution >= 4 is 11.9 Å². The number of carbonyl (C=O) groups excluding carboxylic acids is 1. The number of rotatable bonds is 3. The molecule has 82 valence electrons. The number of hydrogen-bond donors (Lipinski definition) is 1. The summed E-state index contributed by atoms with van der Waals surface area (Å²) in [6.07, 6.45) is -5.03. The molecule has 0 rings (SSSR count). The van der Waals surface area contributed by atoms with Crippen LogP contribution in [-0.4, -0.2) is 40.6 Å². The molecule has 0 atom stereocenters. The van der Waals surface area contributed by atoms with E-state index in [0.717, 1.165) is 0 Å². The summed E-state index contributed by atoms with van der Waals surface area (Å²) >= 11 is 0. The molecular weight excluding hydrogens is 203 g/mol. The first kappa shape index (κ1) is 12.7. The lowest BCUT2D eigenvalue weighted by Gasteiger charge is -2.25. The van der Waals surface area contributed by atoms with Gasteiger partial charge in [-0.15, -0.1) is 0 Å². The smallest absolute Gasteiger partial charge is 0.471 e. The zero-order valence-corrected chi connectivity index (χ0v) is 7.63. The second-order valence-electron chi connectivity index (χ2n) is 2.92. The molecule has 14 heavy (non-hydrogen) atoms. The second kappa shape index (κ2) is 4.30. The van der Waals surface area contributed by atoms with Crippen molar-refractivity contribution in [2.24, 2.45) is 0 Å². The molecular formula is C7H10F3NO3. The van der Waals surface area contributed by atoms with E-state index in [1.54, 1.807) is 0 Å². The van der Waals surface area contributed by atoms with E-state index in [2.05, 4.69) is 0 Å². The maximum absolute atomic E-state index is 11.9. The highest BCUT2D eigenvalue weighted by molar-refractivity contribution is 5.85. The van der Waals surface area contributed by atoms with Crippen molar-refractivity contribution in [3.63, 3.8) is 0 Å². The molecule has 0 saturated carbocycles. The van der Waals surface area contributed by atoms with Gasteiger partial charge in [-0.25, -0.2) is 0 Å². The van der Waals surface area contributed by atoms with E-state index >= 15 is 0 Å². The van der Waals surface area contributed by atoms with Gasteiger partial charge in [0.25, 0.3) is 0 Å². The average Bonchev–Trinajstić information content (AvgIpc) is 1.96. The molecule has 0 bridgehead atoms. The highest BCUT2D eigenvalue weighted by Gasteiger charge is 2.43. The van der Waals surface area contributed by atoms with Gasteiger partial charge in [-0.05, 0) is 13.8 Å². The van der Waals surface area contributed by atoms with Crippen LogP contribution in [0.4, 0.5) is 13.2 Å². The molecule has 0 saturated heterocycles. The Hall–Kier alpha value is -1.27. The maximum Gasteiger partial charge on any atom is 0.471 e. The molecule has 0 aromatic rings. The van der Waals surface area contributed by atoms with Crippen LogP contribution in [0.2, 0.25) is 0 Å². The number of amides is 1. The molecule has 0 heterocycles. The van der Waals surface area contributed by atoms with E-state index in [9.17, 15) is 22.8 Å². The molecule has 0 fully saturated rings. The highest BCUT2D eigenvalue weighted by atomic mass is 19.4. The predicted octanol–water partition coefficient (Wildman–Crippen LogP) is 0.870. The minimum absolute atomic E-state index is 0.252. The van der Waals surface area contributed by atoms with Crippen LogP contribution in [0.1, 0.15) is 13.8 Å². The number of alkyl halides is 3. The lowest BCUT2D eigenvalue weighted by Crippen LogP contribution is -2.47. The third kappa shape index (κ3) is 3.63. The Labute approximate surface area is 78.3 Å². The molecule has 0 aliphatic rings. The number of carboxylic acid groups (broad SMARTS) is 1. The van der Waals surface area contributed by atoms with Crippen molar-refractivity contribution in [2.45, 2.75) is 26.1 Å². The first-order chi connectivity index (χ1) is 6.16. The maximum atomic E-state index is 11.9. The van der Waals surface area contributed by atoms with Gasteiger partial charge in [-0.1, -0.05) is 0 Å². The Morgan fingerprint density at radius 1 is 1.36 bits per heavy atom. The number of carboxylic acids is 1. The summed E-state index contributed by atoms with van der Waals surface area (Å²) in [6, 6.07) is -0.805. The van der Waals surface area contributed by atoms with E-state index in [0.29, 0.717) is 0 Å². The molecule has 4 nitrogen and oxygen atoms in total. The monoisotopic (exact) mass is 213 g/mol. The van der Waals surface area contributed by atoms with Crippen molar-refractivity contribution < 1.29 is 27.9 Å². The van der Waals surface area contributed by atoms with E-state index in [1.807, 2.05) is 0 Å². The zero-order chi connectivity index (χ0) is 11.5. The van der Waals surface area contributed by atoms with Gasteiger partial charge >= 0.3 is 18.1 Å². The number of hydrogen-bond acceptors (Lipinski definition) is 2. The number of halogens is 3. The molecule has 1 amide bonds. The third-order valence-corrected chi connectivity index (χ3v) is 1.43. The van der Waals surface area contributed by atoms with Crippen LogP contribution in [0.25, 0.3) is 0 Å². The summed E-state index contributed by atoms with van der Waals surface area (Å²) in [4.78, 5) is 21.1. The van der Waals surface area contributed by atoms with Gasteiger partial charge in [0, 0.05) is 6.04 Å². The lowest BCUT2D eigenvalue weighted by molar-refractivity contribution is -0.188. The van der Waals surface area contributed by atoms with Gasteiger partial charge in [-0.3, -0.25) is 9.59 Å². The molecule has 1 N–H and O–H groups in total. The van der Waals surface area contributed by atoms with Crippen molar-refractivity contribution in [1.82, 2.24) is 4.90 Å². The van der Waals surface area contributed by atoms with Gasteiger partial charge in [0.15, 0.2) is 0 Å². The fourth-order valence-electron chi connectivity index (χ4n) is 0.797. The minimum Gasteiger partial charge on any atom is -0.480 e. The van der Waals surface area contributed by atoms with Crippen molar-refractivity contribution in [3.8, 4) is 0 Å². The van der Waals surface area contributed by atoms with Gasteiger partial charge in [0.2, 0.25) is 0 Å². The SMILES string of the molecule is CC(C)N(CC(=O)O)C(=O)C(F)(F)F. The summed E-state index contributed by atoms with van der Waals surface area (Å²) < 4.78 is 35.8. The summed E-state index contributed by atoms with van der Waals surface area (Å²) in [5.41, 5.74) is 0. The van der Waals surface area contributed by atoms with Gasteiger partial charge in [0.1, 0.15) is 6.54 Å². The minimum atomic E-state index is -5.03. The largest absolute Gasteiger partial charge is 0.480 e. The predicted molar refractivity (Wildman–Crippen MR) is 40.5 cm³/mol. The molecule has 0 aromatic carbocycles. The van der Waals surface area contributed by atoms with Crippen LogP contribution >= 0.6 is 0 Å². The van der Waals surface area contributed by atoms with Crippen LogP contribution in [0.3, 0.4) is 0 Å². The first-order valence-electron chi connectivity index (χ1n) is 3.76. The van der Waals surface area contributed by atoms with Crippen LogP contribution in [-0.2, 0) is 9.59 Å². The van der Waals surface area contributed by atoms with Gasteiger partial charge in [-0.2, -0.15) is 13.2 Å². The Morgan fingerprint density at radius 2 is 1.79 bits per heavy atom. The fraction of sp³-hybridized carbons (Fsp3) is 0.714. The standard InChI is InChI=1S/C7H10F3NO3/c1-4(2)11(3-5(12)13)6(14)7(8,9)10/h4H,3H2,1-2H3,(H,12,13). The van der Waals surface area contributed by atoms with E-state index in [-0.39, 0.29) is 4.90 Å². The zero-order valence-electron chi connectivity index (χ0n) is 7.63. The quantitative estimate of drug-likeness (QED) is 0.756. The molecule has 0 radical (unpaired) electrons. The molecule has 0 aliphatic carbocycles. The van der Waals surface area contributed by atoms with E-state index in [4.69, 9.17) is 5.11 Å².